The van der Waals surface area contributed by atoms with E-state index >= 15 is 0 Å². The molecule has 1 aliphatic rings. The first-order valence-corrected chi connectivity index (χ1v) is 9.18. The highest BCUT2D eigenvalue weighted by molar-refractivity contribution is 5.87. The minimum Gasteiger partial charge on any atom is -0.478 e. The summed E-state index contributed by atoms with van der Waals surface area (Å²) in [6.45, 7) is 3.63. The summed E-state index contributed by atoms with van der Waals surface area (Å²) in [7, 11) is 0. The number of hydrogen-bond donors (Lipinski definition) is 2. The summed E-state index contributed by atoms with van der Waals surface area (Å²) in [6, 6.07) is 14.2. The average Bonchev–Trinajstić information content (AvgIpc) is 3.42. The van der Waals surface area contributed by atoms with Crippen molar-refractivity contribution in [2.75, 3.05) is 0 Å². The highest BCUT2D eigenvalue weighted by atomic mass is 16.4. The molecule has 0 radical (unpaired) electrons. The van der Waals surface area contributed by atoms with Crippen molar-refractivity contribution < 1.29 is 9.90 Å². The molecule has 1 aromatic heterocycles. The van der Waals surface area contributed by atoms with Crippen LogP contribution in [0.1, 0.15) is 53.1 Å². The van der Waals surface area contributed by atoms with Gasteiger partial charge in [0.1, 0.15) is 5.82 Å². The fraction of sp³-hybridized carbons (Fsp3) is 0.333. The van der Waals surface area contributed by atoms with Crippen molar-refractivity contribution in [2.45, 2.75) is 45.3 Å². The zero-order chi connectivity index (χ0) is 18.1. The minimum absolute atomic E-state index is 0.317. The van der Waals surface area contributed by atoms with Crippen LogP contribution < -0.4 is 5.32 Å². The molecular weight excluding hydrogens is 326 g/mol. The highest BCUT2D eigenvalue weighted by Gasteiger charge is 2.27. The Morgan fingerprint density at radius 3 is 2.50 bits per heavy atom. The molecule has 0 atom stereocenters. The maximum absolute atomic E-state index is 10.9. The zero-order valence-electron chi connectivity index (χ0n) is 14.9. The third kappa shape index (κ3) is 3.35. The average molecular weight is 349 g/mol. The van der Waals surface area contributed by atoms with Gasteiger partial charge in [-0.05, 0) is 48.2 Å². The quantitative estimate of drug-likeness (QED) is 0.678. The Kier molecular flexibility index (Phi) is 4.47. The molecule has 3 aromatic rings. The van der Waals surface area contributed by atoms with E-state index in [2.05, 4.69) is 35.0 Å². The molecule has 0 bridgehead atoms. The lowest BCUT2D eigenvalue weighted by Crippen LogP contribution is -2.12. The van der Waals surface area contributed by atoms with Gasteiger partial charge in [-0.2, -0.15) is 0 Å². The summed E-state index contributed by atoms with van der Waals surface area (Å²) in [5.41, 5.74) is 4.93. The van der Waals surface area contributed by atoms with Crippen molar-refractivity contribution in [3.63, 3.8) is 0 Å². The van der Waals surface area contributed by atoms with Crippen LogP contribution >= 0.6 is 0 Å². The molecule has 26 heavy (non-hydrogen) atoms. The molecule has 2 aromatic carbocycles. The maximum Gasteiger partial charge on any atom is 0.335 e. The first-order valence-electron chi connectivity index (χ1n) is 9.18. The topological polar surface area (TPSA) is 67.2 Å². The second-order valence-electron chi connectivity index (χ2n) is 6.91. The van der Waals surface area contributed by atoms with E-state index in [1.165, 1.54) is 29.7 Å². The Labute approximate surface area is 152 Å². The largest absolute Gasteiger partial charge is 0.478 e. The number of imidazole rings is 1. The SMILES string of the molecule is CCc1nc2cc(CNCc3ccc(C(=O)O)cc3)ccc2n1C1CC1. The standard InChI is InChI=1S/C21H23N3O2/c1-2-20-23-18-11-15(5-10-19(18)24(20)17-8-9-17)13-22-12-14-3-6-16(7-4-14)21(25)26/h3-7,10-11,17,22H,2,8-9,12-13H2,1H3,(H,25,26). The van der Waals surface area contributed by atoms with Crippen LogP contribution in [0.25, 0.3) is 11.0 Å². The first-order chi connectivity index (χ1) is 12.7. The van der Waals surface area contributed by atoms with E-state index in [9.17, 15) is 4.79 Å². The first kappa shape index (κ1) is 16.8. The van der Waals surface area contributed by atoms with E-state index in [0.29, 0.717) is 18.2 Å². The molecule has 5 nitrogen and oxygen atoms in total. The van der Waals surface area contributed by atoms with Gasteiger partial charge in [0.05, 0.1) is 16.6 Å². The van der Waals surface area contributed by atoms with Crippen molar-refractivity contribution in [1.29, 1.82) is 0 Å². The molecule has 0 amide bonds. The van der Waals surface area contributed by atoms with Crippen LogP contribution in [0.3, 0.4) is 0 Å². The molecule has 0 spiro atoms. The number of carboxylic acid groups (broad SMARTS) is 1. The van der Waals surface area contributed by atoms with Crippen LogP contribution in [0.4, 0.5) is 0 Å². The van der Waals surface area contributed by atoms with E-state index in [-0.39, 0.29) is 0 Å². The van der Waals surface area contributed by atoms with E-state index in [1.54, 1.807) is 12.1 Å². The van der Waals surface area contributed by atoms with Crippen molar-refractivity contribution in [3.05, 3.63) is 65.0 Å². The van der Waals surface area contributed by atoms with Gasteiger partial charge in [0, 0.05) is 25.6 Å². The van der Waals surface area contributed by atoms with Gasteiger partial charge in [-0.3, -0.25) is 0 Å². The Morgan fingerprint density at radius 1 is 1.15 bits per heavy atom. The van der Waals surface area contributed by atoms with Crippen LogP contribution in [0.5, 0.6) is 0 Å². The van der Waals surface area contributed by atoms with Gasteiger partial charge in [0.25, 0.3) is 0 Å². The highest BCUT2D eigenvalue weighted by Crippen LogP contribution is 2.38. The molecule has 4 rings (SSSR count). The van der Waals surface area contributed by atoms with E-state index < -0.39 is 5.97 Å². The molecule has 1 aliphatic carbocycles. The molecule has 134 valence electrons. The summed E-state index contributed by atoms with van der Waals surface area (Å²) >= 11 is 0. The molecule has 1 saturated carbocycles. The third-order valence-corrected chi connectivity index (χ3v) is 4.91. The Balaban J connectivity index is 1.43. The van der Waals surface area contributed by atoms with Gasteiger partial charge in [0.15, 0.2) is 0 Å². The van der Waals surface area contributed by atoms with Crippen LogP contribution in [0.15, 0.2) is 42.5 Å². The number of aromatic nitrogens is 2. The molecule has 0 unspecified atom stereocenters. The number of carboxylic acids is 1. The molecular formula is C21H23N3O2. The number of nitrogens with zero attached hydrogens (tertiary/aromatic N) is 2. The zero-order valence-corrected chi connectivity index (χ0v) is 14.9. The molecule has 5 heteroatoms. The number of aryl methyl sites for hydroxylation is 1. The molecule has 1 fully saturated rings. The van der Waals surface area contributed by atoms with E-state index in [1.807, 2.05) is 12.1 Å². The van der Waals surface area contributed by atoms with E-state index in [4.69, 9.17) is 10.1 Å². The van der Waals surface area contributed by atoms with Gasteiger partial charge >= 0.3 is 5.97 Å². The summed E-state index contributed by atoms with van der Waals surface area (Å²) < 4.78 is 2.41. The fourth-order valence-corrected chi connectivity index (χ4v) is 3.41. The van der Waals surface area contributed by atoms with Crippen LogP contribution in [-0.2, 0) is 19.5 Å². The number of hydrogen-bond acceptors (Lipinski definition) is 3. The molecule has 0 saturated heterocycles. The number of carbonyl (C=O) groups is 1. The van der Waals surface area contributed by atoms with Crippen LogP contribution in [-0.4, -0.2) is 20.6 Å². The summed E-state index contributed by atoms with van der Waals surface area (Å²) in [6.07, 6.45) is 3.50. The smallest absolute Gasteiger partial charge is 0.335 e. The normalized spacial score (nSPS) is 14.0. The Bertz CT molecular complexity index is 940. The molecule has 0 aliphatic heterocycles. The predicted octanol–water partition coefficient (Wildman–Crippen LogP) is 3.92. The Hall–Kier alpha value is -2.66. The number of aromatic carboxylic acids is 1. The summed E-state index contributed by atoms with van der Waals surface area (Å²) in [5, 5.41) is 12.4. The number of benzene rings is 2. The molecule has 2 N–H and O–H groups in total. The number of nitrogens with one attached hydrogen (secondary N) is 1. The summed E-state index contributed by atoms with van der Waals surface area (Å²) in [5.74, 6) is 0.293. The van der Waals surface area contributed by atoms with Gasteiger partial charge in [-0.1, -0.05) is 25.1 Å². The predicted molar refractivity (Wildman–Crippen MR) is 101 cm³/mol. The third-order valence-electron chi connectivity index (χ3n) is 4.91. The Morgan fingerprint density at radius 2 is 1.85 bits per heavy atom. The number of rotatable bonds is 7. The van der Waals surface area contributed by atoms with Crippen molar-refractivity contribution in [3.8, 4) is 0 Å². The lowest BCUT2D eigenvalue weighted by Gasteiger charge is -2.07. The molecule has 1 heterocycles. The van der Waals surface area contributed by atoms with Gasteiger partial charge in [-0.15, -0.1) is 0 Å². The monoisotopic (exact) mass is 349 g/mol. The van der Waals surface area contributed by atoms with Gasteiger partial charge in [-0.25, -0.2) is 9.78 Å². The second kappa shape index (κ2) is 6.92. The van der Waals surface area contributed by atoms with Crippen molar-refractivity contribution >= 4 is 17.0 Å². The van der Waals surface area contributed by atoms with Crippen molar-refractivity contribution in [1.82, 2.24) is 14.9 Å². The van der Waals surface area contributed by atoms with Crippen LogP contribution in [0, 0.1) is 0 Å². The maximum atomic E-state index is 10.9. The minimum atomic E-state index is -0.894. The lowest BCUT2D eigenvalue weighted by molar-refractivity contribution is 0.0697. The van der Waals surface area contributed by atoms with Crippen LogP contribution in [0.2, 0.25) is 0 Å². The van der Waals surface area contributed by atoms with Gasteiger partial charge in [0.2, 0.25) is 0 Å². The fourth-order valence-electron chi connectivity index (χ4n) is 3.41. The summed E-state index contributed by atoms with van der Waals surface area (Å²) in [4.78, 5) is 15.7. The lowest BCUT2D eigenvalue weighted by atomic mass is 10.1. The number of fused-ring (bicyclic) bond motifs is 1. The second-order valence-corrected chi connectivity index (χ2v) is 6.91. The van der Waals surface area contributed by atoms with Crippen molar-refractivity contribution in [2.24, 2.45) is 0 Å². The van der Waals surface area contributed by atoms with E-state index in [0.717, 1.165) is 24.0 Å². The van der Waals surface area contributed by atoms with Gasteiger partial charge < -0.3 is 15.0 Å².